The van der Waals surface area contributed by atoms with Crippen LogP contribution in [0.4, 0.5) is 18.0 Å². The third-order valence-corrected chi connectivity index (χ3v) is 5.52. The number of amides is 1. The molecule has 1 saturated heterocycles. The second-order valence-corrected chi connectivity index (χ2v) is 8.08. The molecule has 1 aliphatic carbocycles. The standard InChI is InChI=1S/C20H36F3N5O2.HI/c1-3-24-18(26-13-17(16-5-6-16)27-19(29)30-4-2)25-10-7-15-8-11-28(12-9-15)14-20(21,22)23;/h15-17H,3-14H2,1-2H3,(H,27,29)(H2,24,25,26);1H. The van der Waals surface area contributed by atoms with Crippen molar-refractivity contribution >= 4 is 36.0 Å². The highest BCUT2D eigenvalue weighted by molar-refractivity contribution is 14.0. The van der Waals surface area contributed by atoms with Gasteiger partial charge in [0.1, 0.15) is 0 Å². The number of rotatable bonds is 10. The Hall–Kier alpha value is -0.980. The van der Waals surface area contributed by atoms with Crippen molar-refractivity contribution in [2.45, 2.75) is 58.2 Å². The number of guanidine groups is 1. The quantitative estimate of drug-likeness (QED) is 0.216. The van der Waals surface area contributed by atoms with E-state index in [-0.39, 0.29) is 30.0 Å². The zero-order chi connectivity index (χ0) is 22.0. The summed E-state index contributed by atoms with van der Waals surface area (Å²) in [6.07, 6.45) is 0.132. The normalized spacial score (nSPS) is 19.3. The van der Waals surface area contributed by atoms with E-state index in [1.807, 2.05) is 6.92 Å². The molecule has 1 aliphatic heterocycles. The molecule has 1 amide bonds. The second-order valence-electron chi connectivity index (χ2n) is 8.08. The lowest BCUT2D eigenvalue weighted by Gasteiger charge is -2.32. The SMILES string of the molecule is CCNC(=NCC(NC(=O)OCC)C1CC1)NCCC1CCN(CC(F)(F)F)CC1.I. The summed E-state index contributed by atoms with van der Waals surface area (Å²) in [4.78, 5) is 17.8. The Morgan fingerprint density at radius 3 is 2.39 bits per heavy atom. The van der Waals surface area contributed by atoms with Crippen molar-refractivity contribution in [1.29, 1.82) is 0 Å². The van der Waals surface area contributed by atoms with Crippen LogP contribution < -0.4 is 16.0 Å². The van der Waals surface area contributed by atoms with Crippen LogP contribution in [0.5, 0.6) is 0 Å². The second kappa shape index (κ2) is 14.2. The lowest BCUT2D eigenvalue weighted by molar-refractivity contribution is -0.148. The van der Waals surface area contributed by atoms with Crippen LogP contribution in [0.3, 0.4) is 0 Å². The van der Waals surface area contributed by atoms with Gasteiger partial charge >= 0.3 is 12.3 Å². The number of hydrogen-bond donors (Lipinski definition) is 3. The summed E-state index contributed by atoms with van der Waals surface area (Å²) in [6, 6.07) is -0.0301. The van der Waals surface area contributed by atoms with Crippen molar-refractivity contribution in [2.24, 2.45) is 16.8 Å². The number of aliphatic imine (C=N–C) groups is 1. The van der Waals surface area contributed by atoms with E-state index < -0.39 is 18.8 Å². The molecule has 0 aromatic rings. The fraction of sp³-hybridized carbons (Fsp3) is 0.900. The smallest absolute Gasteiger partial charge is 0.407 e. The molecule has 2 rings (SSSR count). The van der Waals surface area contributed by atoms with Crippen molar-refractivity contribution in [3.05, 3.63) is 0 Å². The molecule has 182 valence electrons. The molecule has 1 saturated carbocycles. The Kier molecular flexibility index (Phi) is 12.9. The van der Waals surface area contributed by atoms with Crippen LogP contribution in [-0.4, -0.2) is 75.0 Å². The van der Waals surface area contributed by atoms with Crippen LogP contribution in [0.15, 0.2) is 4.99 Å². The largest absolute Gasteiger partial charge is 0.450 e. The topological polar surface area (TPSA) is 78.0 Å². The highest BCUT2D eigenvalue weighted by atomic mass is 127. The molecule has 2 fully saturated rings. The predicted octanol–water partition coefficient (Wildman–Crippen LogP) is 3.35. The Labute approximate surface area is 200 Å². The molecular weight excluding hydrogens is 526 g/mol. The molecular formula is C20H37F3IN5O2. The Morgan fingerprint density at radius 1 is 1.16 bits per heavy atom. The first-order valence-corrected chi connectivity index (χ1v) is 11.0. The first-order chi connectivity index (χ1) is 14.3. The highest BCUT2D eigenvalue weighted by Crippen LogP contribution is 2.32. The lowest BCUT2D eigenvalue weighted by atomic mass is 9.93. The Morgan fingerprint density at radius 2 is 1.84 bits per heavy atom. The summed E-state index contributed by atoms with van der Waals surface area (Å²) in [7, 11) is 0. The van der Waals surface area contributed by atoms with E-state index in [2.05, 4.69) is 20.9 Å². The fourth-order valence-corrected chi connectivity index (χ4v) is 3.75. The molecule has 3 N–H and O–H groups in total. The number of ether oxygens (including phenoxy) is 1. The number of likely N-dealkylation sites (tertiary alicyclic amines) is 1. The van der Waals surface area contributed by atoms with Crippen LogP contribution in [0, 0.1) is 11.8 Å². The van der Waals surface area contributed by atoms with Gasteiger partial charge in [-0.05, 0) is 70.9 Å². The maximum atomic E-state index is 12.5. The minimum Gasteiger partial charge on any atom is -0.450 e. The van der Waals surface area contributed by atoms with E-state index in [0.29, 0.717) is 44.0 Å². The van der Waals surface area contributed by atoms with Crippen molar-refractivity contribution < 1.29 is 22.7 Å². The number of nitrogens with one attached hydrogen (secondary N) is 3. The zero-order valence-corrected chi connectivity index (χ0v) is 20.8. The summed E-state index contributed by atoms with van der Waals surface area (Å²) in [5, 5.41) is 9.42. The fourth-order valence-electron chi connectivity index (χ4n) is 3.75. The molecule has 0 aromatic heterocycles. The number of halogens is 4. The van der Waals surface area contributed by atoms with Crippen molar-refractivity contribution in [3.8, 4) is 0 Å². The predicted molar refractivity (Wildman–Crippen MR) is 126 cm³/mol. The van der Waals surface area contributed by atoms with Crippen molar-refractivity contribution in [3.63, 3.8) is 0 Å². The van der Waals surface area contributed by atoms with Crippen LogP contribution in [0.1, 0.15) is 46.0 Å². The number of alkyl halides is 3. The van der Waals surface area contributed by atoms with Gasteiger partial charge in [0.05, 0.1) is 25.7 Å². The number of carbonyl (C=O) groups is 1. The summed E-state index contributed by atoms with van der Waals surface area (Å²) >= 11 is 0. The molecule has 1 atom stereocenters. The minimum absolute atomic E-state index is 0. The van der Waals surface area contributed by atoms with Gasteiger partial charge in [0.15, 0.2) is 5.96 Å². The third kappa shape index (κ3) is 12.0. The Bertz CT molecular complexity index is 553. The molecule has 11 heteroatoms. The van der Waals surface area contributed by atoms with Gasteiger partial charge < -0.3 is 20.7 Å². The van der Waals surface area contributed by atoms with Gasteiger partial charge in [-0.25, -0.2) is 4.79 Å². The Balaban J connectivity index is 0.00000480. The third-order valence-electron chi connectivity index (χ3n) is 5.52. The average molecular weight is 563 g/mol. The minimum atomic E-state index is -4.12. The van der Waals surface area contributed by atoms with Crippen molar-refractivity contribution in [2.75, 3.05) is 45.9 Å². The molecule has 2 aliphatic rings. The van der Waals surface area contributed by atoms with Crippen LogP contribution in [0.25, 0.3) is 0 Å². The molecule has 1 heterocycles. The molecule has 0 aromatic carbocycles. The van der Waals surface area contributed by atoms with Crippen LogP contribution in [-0.2, 0) is 4.74 Å². The maximum absolute atomic E-state index is 12.5. The van der Waals surface area contributed by atoms with Gasteiger partial charge in [-0.2, -0.15) is 13.2 Å². The maximum Gasteiger partial charge on any atom is 0.407 e. The first-order valence-electron chi connectivity index (χ1n) is 11.0. The highest BCUT2D eigenvalue weighted by Gasteiger charge is 2.33. The van der Waals surface area contributed by atoms with Gasteiger partial charge in [0.2, 0.25) is 0 Å². The van der Waals surface area contributed by atoms with E-state index in [9.17, 15) is 18.0 Å². The van der Waals surface area contributed by atoms with E-state index in [1.165, 1.54) is 4.90 Å². The van der Waals surface area contributed by atoms with E-state index in [4.69, 9.17) is 4.74 Å². The summed E-state index contributed by atoms with van der Waals surface area (Å²) in [5.74, 6) is 1.57. The monoisotopic (exact) mass is 563 g/mol. The zero-order valence-electron chi connectivity index (χ0n) is 18.5. The molecule has 0 radical (unpaired) electrons. The van der Waals surface area contributed by atoms with Gasteiger partial charge in [0.25, 0.3) is 0 Å². The lowest BCUT2D eigenvalue weighted by Crippen LogP contribution is -2.43. The van der Waals surface area contributed by atoms with E-state index in [0.717, 1.165) is 45.2 Å². The summed E-state index contributed by atoms with van der Waals surface area (Å²) in [6.45, 7) is 6.22. The van der Waals surface area contributed by atoms with Crippen LogP contribution >= 0.6 is 24.0 Å². The van der Waals surface area contributed by atoms with Gasteiger partial charge in [0, 0.05) is 13.1 Å². The molecule has 7 nitrogen and oxygen atoms in total. The van der Waals surface area contributed by atoms with Gasteiger partial charge in [-0.3, -0.25) is 9.89 Å². The van der Waals surface area contributed by atoms with E-state index >= 15 is 0 Å². The van der Waals surface area contributed by atoms with Gasteiger partial charge in [-0.15, -0.1) is 24.0 Å². The molecule has 0 bridgehead atoms. The molecule has 0 spiro atoms. The number of nitrogens with zero attached hydrogens (tertiary/aromatic N) is 2. The number of carbonyl (C=O) groups excluding carboxylic acids is 1. The number of piperidine rings is 1. The van der Waals surface area contributed by atoms with Crippen molar-refractivity contribution in [1.82, 2.24) is 20.9 Å². The number of alkyl carbamates (subject to hydrolysis) is 1. The summed E-state index contributed by atoms with van der Waals surface area (Å²) < 4.78 is 42.4. The number of hydrogen-bond acceptors (Lipinski definition) is 4. The van der Waals surface area contributed by atoms with Gasteiger partial charge in [-0.1, -0.05) is 0 Å². The van der Waals surface area contributed by atoms with Crippen LogP contribution in [0.2, 0.25) is 0 Å². The molecule has 1 unspecified atom stereocenters. The first kappa shape index (κ1) is 28.1. The molecule has 31 heavy (non-hydrogen) atoms. The van der Waals surface area contributed by atoms with E-state index in [1.54, 1.807) is 6.92 Å². The average Bonchev–Trinajstić information content (AvgIpc) is 3.50. The summed E-state index contributed by atoms with van der Waals surface area (Å²) in [5.41, 5.74) is 0.